The van der Waals surface area contributed by atoms with E-state index < -0.39 is 14.9 Å². The number of quaternary nitrogens is 1. The van der Waals surface area contributed by atoms with Crippen LogP contribution in [0.3, 0.4) is 0 Å². The molecule has 0 amide bonds. The van der Waals surface area contributed by atoms with Crippen LogP contribution in [0.2, 0.25) is 0 Å². The maximum Gasteiger partial charge on any atom is 0.293 e. The summed E-state index contributed by atoms with van der Waals surface area (Å²) in [6.45, 7) is 4.68. The second-order valence-electron chi connectivity index (χ2n) is 6.81. The van der Waals surface area contributed by atoms with Crippen LogP contribution in [0.25, 0.3) is 0 Å². The lowest BCUT2D eigenvalue weighted by atomic mass is 10.1. The quantitative estimate of drug-likeness (QED) is 0.423. The van der Waals surface area contributed by atoms with Gasteiger partial charge in [-0.15, -0.1) is 0 Å². The van der Waals surface area contributed by atoms with E-state index in [1.165, 1.54) is 29.6 Å². The molecule has 1 fully saturated rings. The highest BCUT2D eigenvalue weighted by Crippen LogP contribution is 2.28. The SMILES string of the molecule is CNS(=O)(=O)c1ccc(NCc2ccccc2C[NH+]2CCOCC2)c([N+](=O)[O-])c1. The summed E-state index contributed by atoms with van der Waals surface area (Å²) in [5.74, 6) is 0. The van der Waals surface area contributed by atoms with Crippen molar-refractivity contribution in [3.63, 3.8) is 0 Å². The van der Waals surface area contributed by atoms with Crippen molar-refractivity contribution in [3.05, 3.63) is 63.7 Å². The summed E-state index contributed by atoms with van der Waals surface area (Å²) < 4.78 is 31.4. The molecule has 0 radical (unpaired) electrons. The van der Waals surface area contributed by atoms with Crippen LogP contribution in [0.4, 0.5) is 11.4 Å². The maximum absolute atomic E-state index is 11.9. The Hall–Kier alpha value is -2.53. The van der Waals surface area contributed by atoms with Crippen molar-refractivity contribution in [2.24, 2.45) is 0 Å². The summed E-state index contributed by atoms with van der Waals surface area (Å²) in [6, 6.07) is 11.8. The minimum Gasteiger partial charge on any atom is -0.375 e. The molecule has 0 atom stereocenters. The van der Waals surface area contributed by atoms with E-state index in [0.717, 1.165) is 44.5 Å². The zero-order valence-corrected chi connectivity index (χ0v) is 17.0. The minimum absolute atomic E-state index is 0.145. The van der Waals surface area contributed by atoms with Crippen LogP contribution >= 0.6 is 0 Å². The van der Waals surface area contributed by atoms with Crippen LogP contribution in [-0.4, -0.2) is 46.7 Å². The largest absolute Gasteiger partial charge is 0.375 e. The van der Waals surface area contributed by atoms with Crippen molar-refractivity contribution in [1.29, 1.82) is 0 Å². The number of nitro benzene ring substituents is 1. The number of rotatable bonds is 8. The van der Waals surface area contributed by atoms with Gasteiger partial charge in [-0.25, -0.2) is 13.1 Å². The van der Waals surface area contributed by atoms with Crippen molar-refractivity contribution in [2.45, 2.75) is 18.0 Å². The predicted octanol–water partition coefficient (Wildman–Crippen LogP) is 0.530. The average Bonchev–Trinajstić information content (AvgIpc) is 2.73. The summed E-state index contributed by atoms with van der Waals surface area (Å²) in [6.07, 6.45) is 0. The van der Waals surface area contributed by atoms with Crippen LogP contribution in [0, 0.1) is 10.1 Å². The van der Waals surface area contributed by atoms with E-state index in [1.807, 2.05) is 18.2 Å². The third-order valence-corrected chi connectivity index (χ3v) is 6.38. The number of benzene rings is 2. The zero-order chi connectivity index (χ0) is 20.9. The van der Waals surface area contributed by atoms with Crippen molar-refractivity contribution in [1.82, 2.24) is 4.72 Å². The topological polar surface area (TPSA) is 115 Å². The number of anilines is 1. The Labute approximate surface area is 169 Å². The second-order valence-corrected chi connectivity index (χ2v) is 8.69. The van der Waals surface area contributed by atoms with Gasteiger partial charge in [0.25, 0.3) is 5.69 Å². The number of morpholine rings is 1. The molecule has 3 N–H and O–H groups in total. The molecule has 1 heterocycles. The van der Waals surface area contributed by atoms with E-state index in [2.05, 4.69) is 16.1 Å². The van der Waals surface area contributed by atoms with Crippen LogP contribution in [0.15, 0.2) is 47.4 Å². The lowest BCUT2D eigenvalue weighted by Gasteiger charge is -2.24. The Morgan fingerprint density at radius 1 is 1.14 bits per heavy atom. The number of hydrogen-bond acceptors (Lipinski definition) is 6. The van der Waals surface area contributed by atoms with Gasteiger partial charge in [-0.1, -0.05) is 24.3 Å². The Morgan fingerprint density at radius 2 is 1.83 bits per heavy atom. The Morgan fingerprint density at radius 3 is 2.48 bits per heavy atom. The fourth-order valence-corrected chi connectivity index (χ4v) is 4.05. The zero-order valence-electron chi connectivity index (χ0n) is 16.2. The number of ether oxygens (including phenoxy) is 1. The van der Waals surface area contributed by atoms with Crippen molar-refractivity contribution >= 4 is 21.4 Å². The second kappa shape index (κ2) is 9.31. The van der Waals surface area contributed by atoms with Gasteiger partial charge in [0, 0.05) is 18.2 Å². The van der Waals surface area contributed by atoms with E-state index in [-0.39, 0.29) is 16.3 Å². The number of nitro groups is 1. The Balaban J connectivity index is 1.78. The number of nitrogens with one attached hydrogen (secondary N) is 3. The molecule has 1 aliphatic heterocycles. The molecule has 0 unspecified atom stereocenters. The van der Waals surface area contributed by atoms with Gasteiger partial charge in [-0.05, 0) is 24.7 Å². The van der Waals surface area contributed by atoms with Gasteiger partial charge in [0.05, 0.1) is 23.0 Å². The molecular weight excluding hydrogens is 396 g/mol. The lowest BCUT2D eigenvalue weighted by Crippen LogP contribution is -3.12. The van der Waals surface area contributed by atoms with E-state index in [4.69, 9.17) is 4.74 Å². The minimum atomic E-state index is -3.76. The van der Waals surface area contributed by atoms with Crippen LogP contribution in [-0.2, 0) is 27.8 Å². The molecule has 3 rings (SSSR count). The van der Waals surface area contributed by atoms with Crippen LogP contribution < -0.4 is 14.9 Å². The molecule has 0 aromatic heterocycles. The summed E-state index contributed by atoms with van der Waals surface area (Å²) in [4.78, 5) is 12.2. The number of sulfonamides is 1. The van der Waals surface area contributed by atoms with E-state index in [9.17, 15) is 18.5 Å². The van der Waals surface area contributed by atoms with Crippen molar-refractivity contribution in [3.8, 4) is 0 Å². The average molecular weight is 421 g/mol. The fraction of sp³-hybridized carbons (Fsp3) is 0.368. The molecule has 2 aromatic carbocycles. The highest BCUT2D eigenvalue weighted by atomic mass is 32.2. The number of nitrogens with zero attached hydrogens (tertiary/aromatic N) is 1. The number of hydrogen-bond donors (Lipinski definition) is 3. The smallest absolute Gasteiger partial charge is 0.293 e. The molecule has 156 valence electrons. The molecule has 29 heavy (non-hydrogen) atoms. The molecule has 0 saturated carbocycles. The first-order chi connectivity index (χ1) is 13.9. The van der Waals surface area contributed by atoms with E-state index in [1.54, 1.807) is 0 Å². The fourth-order valence-electron chi connectivity index (χ4n) is 3.30. The summed E-state index contributed by atoms with van der Waals surface area (Å²) in [5.41, 5.74) is 2.22. The summed E-state index contributed by atoms with van der Waals surface area (Å²) in [5, 5.41) is 14.6. The first-order valence-electron chi connectivity index (χ1n) is 9.34. The first-order valence-corrected chi connectivity index (χ1v) is 10.8. The van der Waals surface area contributed by atoms with Crippen molar-refractivity contribution < 1.29 is 23.0 Å². The van der Waals surface area contributed by atoms with Gasteiger partial charge in [-0.3, -0.25) is 10.1 Å². The Bertz CT molecular complexity index is 974. The van der Waals surface area contributed by atoms with Gasteiger partial charge in [0.1, 0.15) is 25.3 Å². The summed E-state index contributed by atoms with van der Waals surface area (Å²) >= 11 is 0. The molecule has 1 saturated heterocycles. The predicted molar refractivity (Wildman–Crippen MR) is 108 cm³/mol. The third kappa shape index (κ3) is 5.30. The van der Waals surface area contributed by atoms with Gasteiger partial charge in [-0.2, -0.15) is 0 Å². The molecule has 0 spiro atoms. The van der Waals surface area contributed by atoms with Gasteiger partial charge >= 0.3 is 0 Å². The molecule has 10 heteroatoms. The monoisotopic (exact) mass is 421 g/mol. The molecular formula is C19H25N4O5S+. The highest BCUT2D eigenvalue weighted by molar-refractivity contribution is 7.89. The molecule has 2 aromatic rings. The molecule has 0 aliphatic carbocycles. The van der Waals surface area contributed by atoms with Crippen molar-refractivity contribution in [2.75, 3.05) is 38.7 Å². The third-order valence-electron chi connectivity index (χ3n) is 4.97. The maximum atomic E-state index is 11.9. The van der Waals surface area contributed by atoms with Crippen LogP contribution in [0.1, 0.15) is 11.1 Å². The molecule has 1 aliphatic rings. The highest BCUT2D eigenvalue weighted by Gasteiger charge is 2.21. The standard InChI is InChI=1S/C19H24N4O5S/c1-20-29(26,27)17-6-7-18(19(12-17)23(24)25)21-13-15-4-2-3-5-16(15)14-22-8-10-28-11-9-22/h2-7,12,20-21H,8-11,13-14H2,1H3/p+1. The van der Waals surface area contributed by atoms with Gasteiger partial charge < -0.3 is 15.0 Å². The van der Waals surface area contributed by atoms with E-state index in [0.29, 0.717) is 6.54 Å². The normalized spacial score (nSPS) is 15.2. The molecule has 0 bridgehead atoms. The first kappa shape index (κ1) is 21.2. The van der Waals surface area contributed by atoms with Crippen LogP contribution in [0.5, 0.6) is 0 Å². The van der Waals surface area contributed by atoms with Gasteiger partial charge in [0.15, 0.2) is 0 Å². The van der Waals surface area contributed by atoms with Gasteiger partial charge in [0.2, 0.25) is 10.0 Å². The van der Waals surface area contributed by atoms with E-state index >= 15 is 0 Å². The lowest BCUT2D eigenvalue weighted by molar-refractivity contribution is -0.921. The Kier molecular flexibility index (Phi) is 6.80. The molecule has 9 nitrogen and oxygen atoms in total. The summed E-state index contributed by atoms with van der Waals surface area (Å²) in [7, 11) is -2.49.